The van der Waals surface area contributed by atoms with Crippen LogP contribution in [0.5, 0.6) is 11.8 Å². The van der Waals surface area contributed by atoms with E-state index in [1.54, 1.807) is 31.5 Å². The van der Waals surface area contributed by atoms with Crippen LogP contribution in [0.3, 0.4) is 0 Å². The zero-order valence-corrected chi connectivity index (χ0v) is 18.2. The molecule has 8 nitrogen and oxygen atoms in total. The Hall–Kier alpha value is -3.59. The van der Waals surface area contributed by atoms with Crippen molar-refractivity contribution >= 4 is 27.5 Å². The van der Waals surface area contributed by atoms with Crippen LogP contribution in [0.25, 0.3) is 10.2 Å². The summed E-state index contributed by atoms with van der Waals surface area (Å²) in [4.78, 5) is 33.2. The SMILES string of the molecule is COc1cc(CN(C)C(=O)c2sc3ncnc(OCc4ccccn4)c3c2C)ccn1. The van der Waals surface area contributed by atoms with Crippen molar-refractivity contribution in [2.75, 3.05) is 14.2 Å². The van der Waals surface area contributed by atoms with Gasteiger partial charge in [-0.25, -0.2) is 15.0 Å². The summed E-state index contributed by atoms with van der Waals surface area (Å²) < 4.78 is 11.1. The zero-order valence-electron chi connectivity index (χ0n) is 17.4. The molecule has 31 heavy (non-hydrogen) atoms. The molecule has 0 unspecified atom stereocenters. The van der Waals surface area contributed by atoms with E-state index in [0.29, 0.717) is 28.0 Å². The molecule has 158 valence electrons. The first-order chi connectivity index (χ1) is 15.1. The smallest absolute Gasteiger partial charge is 0.264 e. The van der Waals surface area contributed by atoms with Crippen molar-refractivity contribution in [3.63, 3.8) is 0 Å². The highest BCUT2D eigenvalue weighted by Crippen LogP contribution is 2.35. The highest BCUT2D eigenvalue weighted by atomic mass is 32.1. The number of methoxy groups -OCH3 is 1. The lowest BCUT2D eigenvalue weighted by atomic mass is 10.2. The van der Waals surface area contributed by atoms with E-state index in [1.165, 1.54) is 17.7 Å². The number of fused-ring (bicyclic) bond motifs is 1. The monoisotopic (exact) mass is 435 g/mol. The first kappa shape index (κ1) is 20.7. The maximum atomic E-state index is 13.2. The van der Waals surface area contributed by atoms with E-state index < -0.39 is 0 Å². The molecule has 0 aliphatic carbocycles. The van der Waals surface area contributed by atoms with Crippen molar-refractivity contribution in [1.82, 2.24) is 24.8 Å². The van der Waals surface area contributed by atoms with Crippen LogP contribution in [0.1, 0.15) is 26.5 Å². The first-order valence-corrected chi connectivity index (χ1v) is 10.4. The molecule has 0 aromatic carbocycles. The maximum absolute atomic E-state index is 13.2. The van der Waals surface area contributed by atoms with Gasteiger partial charge in [0.05, 0.1) is 23.1 Å². The number of hydrogen-bond acceptors (Lipinski definition) is 8. The highest BCUT2D eigenvalue weighted by Gasteiger charge is 2.22. The summed E-state index contributed by atoms with van der Waals surface area (Å²) in [5.41, 5.74) is 2.53. The Balaban J connectivity index is 1.57. The summed E-state index contributed by atoms with van der Waals surface area (Å²) in [5, 5.41) is 0.755. The van der Waals surface area contributed by atoms with Crippen LogP contribution in [0.4, 0.5) is 0 Å². The first-order valence-electron chi connectivity index (χ1n) is 9.58. The molecule has 4 aromatic heterocycles. The highest BCUT2D eigenvalue weighted by molar-refractivity contribution is 7.20. The van der Waals surface area contributed by atoms with Crippen LogP contribution in [0, 0.1) is 6.92 Å². The van der Waals surface area contributed by atoms with E-state index in [4.69, 9.17) is 9.47 Å². The molecule has 0 fully saturated rings. The molecule has 9 heteroatoms. The average Bonchev–Trinajstić information content (AvgIpc) is 3.15. The number of hydrogen-bond donors (Lipinski definition) is 0. The molecule has 0 radical (unpaired) electrons. The van der Waals surface area contributed by atoms with Gasteiger partial charge in [0.25, 0.3) is 5.91 Å². The number of carbonyl (C=O) groups excluding carboxylic acids is 1. The lowest BCUT2D eigenvalue weighted by Crippen LogP contribution is -2.26. The number of nitrogens with zero attached hydrogens (tertiary/aromatic N) is 5. The largest absolute Gasteiger partial charge is 0.481 e. The topological polar surface area (TPSA) is 90.3 Å². The van der Waals surface area contributed by atoms with Crippen molar-refractivity contribution in [3.8, 4) is 11.8 Å². The molecular formula is C22H21N5O3S. The summed E-state index contributed by atoms with van der Waals surface area (Å²) >= 11 is 1.34. The Bertz CT molecular complexity index is 1210. The molecular weight excluding hydrogens is 414 g/mol. The summed E-state index contributed by atoms with van der Waals surface area (Å²) in [5.74, 6) is 0.873. The van der Waals surface area contributed by atoms with Crippen LogP contribution in [-0.2, 0) is 13.2 Å². The van der Waals surface area contributed by atoms with Crippen molar-refractivity contribution in [2.45, 2.75) is 20.1 Å². The van der Waals surface area contributed by atoms with Crippen LogP contribution in [0.2, 0.25) is 0 Å². The lowest BCUT2D eigenvalue weighted by molar-refractivity contribution is 0.0789. The van der Waals surface area contributed by atoms with Crippen LogP contribution < -0.4 is 9.47 Å². The summed E-state index contributed by atoms with van der Waals surface area (Å²) in [6, 6.07) is 9.32. The number of ether oxygens (including phenoxy) is 2. The number of pyridine rings is 2. The van der Waals surface area contributed by atoms with Gasteiger partial charge in [0.2, 0.25) is 11.8 Å². The Kier molecular flexibility index (Phi) is 6.03. The molecule has 0 saturated heterocycles. The van der Waals surface area contributed by atoms with Crippen molar-refractivity contribution in [2.24, 2.45) is 0 Å². The third kappa shape index (κ3) is 4.46. The predicted octanol–water partition coefficient (Wildman–Crippen LogP) is 3.65. The van der Waals surface area contributed by atoms with Gasteiger partial charge in [0.15, 0.2) is 0 Å². The number of amides is 1. The summed E-state index contributed by atoms with van der Waals surface area (Å²) in [7, 11) is 3.33. The number of carbonyl (C=O) groups is 1. The normalized spacial score (nSPS) is 10.8. The fourth-order valence-corrected chi connectivity index (χ4v) is 4.29. The average molecular weight is 436 g/mol. The van der Waals surface area contributed by atoms with Gasteiger partial charge in [-0.05, 0) is 36.2 Å². The van der Waals surface area contributed by atoms with E-state index in [-0.39, 0.29) is 12.5 Å². The Labute approximate surface area is 183 Å². The molecule has 0 saturated carbocycles. The quantitative estimate of drug-likeness (QED) is 0.438. The van der Waals surface area contributed by atoms with Gasteiger partial charge in [-0.1, -0.05) is 6.07 Å². The fourth-order valence-electron chi connectivity index (χ4n) is 3.16. The minimum Gasteiger partial charge on any atom is -0.481 e. The fraction of sp³-hybridized carbons (Fsp3) is 0.227. The molecule has 0 aliphatic rings. The van der Waals surface area contributed by atoms with Gasteiger partial charge < -0.3 is 14.4 Å². The standard InChI is InChI=1S/C22H21N5O3S/c1-14-18-20(30-12-16-6-4-5-8-23-16)25-13-26-21(18)31-19(14)22(28)27(2)11-15-7-9-24-17(10-15)29-3/h4-10,13H,11-12H2,1-3H3. The molecule has 0 N–H and O–H groups in total. The molecule has 0 atom stereocenters. The van der Waals surface area contributed by atoms with E-state index in [1.807, 2.05) is 37.3 Å². The third-order valence-corrected chi connectivity index (χ3v) is 5.93. The Morgan fingerprint density at radius 2 is 2.00 bits per heavy atom. The molecule has 4 heterocycles. The van der Waals surface area contributed by atoms with Crippen molar-refractivity contribution < 1.29 is 14.3 Å². The minimum atomic E-state index is -0.0908. The van der Waals surface area contributed by atoms with Gasteiger partial charge in [0, 0.05) is 32.1 Å². The second kappa shape index (κ2) is 9.05. The van der Waals surface area contributed by atoms with Gasteiger partial charge in [-0.15, -0.1) is 11.3 Å². The number of aromatic nitrogens is 4. The van der Waals surface area contributed by atoms with Crippen molar-refractivity contribution in [3.05, 3.63) is 70.8 Å². The predicted molar refractivity (Wildman–Crippen MR) is 117 cm³/mol. The maximum Gasteiger partial charge on any atom is 0.264 e. The van der Waals surface area contributed by atoms with Gasteiger partial charge in [-0.3, -0.25) is 9.78 Å². The zero-order chi connectivity index (χ0) is 21.8. The number of thiophene rings is 1. The molecule has 0 bridgehead atoms. The van der Waals surface area contributed by atoms with E-state index in [9.17, 15) is 4.79 Å². The van der Waals surface area contributed by atoms with Crippen molar-refractivity contribution in [1.29, 1.82) is 0 Å². The van der Waals surface area contributed by atoms with Gasteiger partial charge >= 0.3 is 0 Å². The molecule has 4 rings (SSSR count). The lowest BCUT2D eigenvalue weighted by Gasteiger charge is -2.17. The number of rotatable bonds is 7. The summed E-state index contributed by atoms with van der Waals surface area (Å²) in [6.07, 6.45) is 4.83. The molecule has 0 spiro atoms. The molecule has 1 amide bonds. The van der Waals surface area contributed by atoms with E-state index >= 15 is 0 Å². The number of aryl methyl sites for hydroxylation is 1. The van der Waals surface area contributed by atoms with Crippen LogP contribution in [0.15, 0.2) is 49.1 Å². The molecule has 0 aliphatic heterocycles. The van der Waals surface area contributed by atoms with Gasteiger partial charge in [0.1, 0.15) is 17.8 Å². The summed E-state index contributed by atoms with van der Waals surface area (Å²) in [6.45, 7) is 2.61. The second-order valence-corrected chi connectivity index (χ2v) is 7.89. The van der Waals surface area contributed by atoms with E-state index in [0.717, 1.165) is 22.2 Å². The third-order valence-electron chi connectivity index (χ3n) is 4.74. The van der Waals surface area contributed by atoms with Crippen LogP contribution in [-0.4, -0.2) is 44.9 Å². The van der Waals surface area contributed by atoms with Crippen LogP contribution >= 0.6 is 11.3 Å². The van der Waals surface area contributed by atoms with Gasteiger partial charge in [-0.2, -0.15) is 0 Å². The minimum absolute atomic E-state index is 0.0908. The Morgan fingerprint density at radius 1 is 1.13 bits per heavy atom. The van der Waals surface area contributed by atoms with E-state index in [2.05, 4.69) is 19.9 Å². The Morgan fingerprint density at radius 3 is 2.77 bits per heavy atom. The molecule has 4 aromatic rings. The second-order valence-electron chi connectivity index (χ2n) is 6.89.